The summed E-state index contributed by atoms with van der Waals surface area (Å²) in [5.74, 6) is 1.74. The molecular formula is C53H75NO8S2. The summed E-state index contributed by atoms with van der Waals surface area (Å²) < 4.78 is 6.52. The maximum Gasteiger partial charge on any atom is 0.233 e. The van der Waals surface area contributed by atoms with Crippen molar-refractivity contribution in [3.05, 3.63) is 47.6 Å². The van der Waals surface area contributed by atoms with Crippen LogP contribution >= 0.6 is 21.6 Å². The Bertz CT molecular complexity index is 2080. The number of anilines is 1. The lowest BCUT2D eigenvalue weighted by atomic mass is 9.39. The third kappa shape index (κ3) is 6.48. The highest BCUT2D eigenvalue weighted by Gasteiger charge is 2.77. The molecule has 0 aromatic heterocycles. The van der Waals surface area contributed by atoms with Crippen LogP contribution in [0.15, 0.2) is 42.0 Å². The zero-order valence-corrected chi connectivity index (χ0v) is 40.6. The van der Waals surface area contributed by atoms with Crippen molar-refractivity contribution in [2.24, 2.45) is 63.1 Å². The van der Waals surface area contributed by atoms with Gasteiger partial charge in [-0.2, -0.15) is 0 Å². The first-order valence-electron chi connectivity index (χ1n) is 25.3. The molecule has 5 N–H and O–H groups in total. The van der Waals surface area contributed by atoms with Gasteiger partial charge in [-0.3, -0.25) is 9.59 Å². The molecule has 11 heteroatoms. The summed E-state index contributed by atoms with van der Waals surface area (Å²) in [4.78, 5) is 32.8. The van der Waals surface area contributed by atoms with Crippen LogP contribution in [0.25, 0.3) is 0 Å². The number of phenolic OH excluding ortho intramolecular Hbond substituents is 1. The summed E-state index contributed by atoms with van der Waals surface area (Å²) >= 11 is 0. The van der Waals surface area contributed by atoms with Crippen molar-refractivity contribution in [3.8, 4) is 5.75 Å². The van der Waals surface area contributed by atoms with Gasteiger partial charge in [0.25, 0.3) is 0 Å². The van der Waals surface area contributed by atoms with Gasteiger partial charge in [-0.15, -0.1) is 0 Å². The number of nitrogens with zero attached hydrogens (tertiary/aromatic N) is 1. The highest BCUT2D eigenvalue weighted by atomic mass is 33.1. The standard InChI is InChI=1S/C53H75NO8S2/c1-6-7-8-12-35-28-54-37-21-33(22-38(55)24-37)15-19-51-34-14-11-18-52(60,46-45(62-46)32(4)31(2)3)43(51)16-20-53(51,61)40-25-44(58)49(27-42(57)41(56)26-48(49,5)39(40)23-34)30-64-63-29-36-13-9-10-17-50(35,36)47(54)59/h11,14,21-22,24-25,31-32,34-36,39,41-43,45-46,55-57,60-61H,6-10,12-13,15-20,23,26-30H2,1-5H3. The molecule has 11 aliphatic rings. The van der Waals surface area contributed by atoms with Crippen LogP contribution < -0.4 is 4.90 Å². The predicted octanol–water partition coefficient (Wildman–Crippen LogP) is 8.97. The first kappa shape index (κ1) is 45.9. The summed E-state index contributed by atoms with van der Waals surface area (Å²) in [6.07, 6.45) is 15.4. The van der Waals surface area contributed by atoms with Crippen LogP contribution in [0.5, 0.6) is 5.75 Å². The van der Waals surface area contributed by atoms with E-state index in [9.17, 15) is 25.5 Å². The summed E-state index contributed by atoms with van der Waals surface area (Å²) in [5, 5.41) is 62.0. The molecule has 12 rings (SSSR count). The molecule has 0 radical (unpaired) electrons. The number of fused-ring (bicyclic) bond motifs is 1. The third-order valence-electron chi connectivity index (χ3n) is 20.3. The number of hydrogen-bond donors (Lipinski definition) is 5. The number of ether oxygens (including phenoxy) is 1. The van der Waals surface area contributed by atoms with Crippen LogP contribution in [-0.4, -0.2) is 90.9 Å². The highest BCUT2D eigenvalue weighted by molar-refractivity contribution is 8.76. The summed E-state index contributed by atoms with van der Waals surface area (Å²) in [7, 11) is 3.47. The lowest BCUT2D eigenvalue weighted by molar-refractivity contribution is -0.194. The molecule has 9 nitrogen and oxygen atoms in total. The Hall–Kier alpha value is -1.86. The van der Waals surface area contributed by atoms with Crippen LogP contribution in [0.4, 0.5) is 5.69 Å². The Morgan fingerprint density at radius 3 is 2.55 bits per heavy atom. The number of unbranched alkanes of at least 4 members (excludes halogenated alkanes) is 2. The number of aliphatic hydroxyl groups excluding tert-OH is 2. The van der Waals surface area contributed by atoms with Crippen molar-refractivity contribution in [3.63, 3.8) is 0 Å². The lowest BCUT2D eigenvalue weighted by Crippen LogP contribution is -2.68. The van der Waals surface area contributed by atoms with E-state index >= 15 is 9.59 Å². The summed E-state index contributed by atoms with van der Waals surface area (Å²) in [6.45, 7) is 11.6. The maximum absolute atomic E-state index is 15.4. The number of amides is 1. The molecule has 2 saturated heterocycles. The number of ketones is 1. The largest absolute Gasteiger partial charge is 0.508 e. The van der Waals surface area contributed by atoms with Gasteiger partial charge in [-0.05, 0) is 141 Å². The van der Waals surface area contributed by atoms with Gasteiger partial charge in [-0.25, -0.2) is 0 Å². The molecule has 5 aliphatic heterocycles. The van der Waals surface area contributed by atoms with Gasteiger partial charge >= 0.3 is 0 Å². The number of aryl methyl sites for hydroxylation is 1. The summed E-state index contributed by atoms with van der Waals surface area (Å²) in [5.41, 5.74) is -3.41. The number of allylic oxidation sites excluding steroid dienone is 2. The molecular weight excluding hydrogens is 843 g/mol. The molecule has 6 aliphatic carbocycles. The van der Waals surface area contributed by atoms with Gasteiger partial charge in [0.15, 0.2) is 5.78 Å². The van der Waals surface area contributed by atoms with Crippen molar-refractivity contribution in [2.45, 2.75) is 173 Å². The highest BCUT2D eigenvalue weighted by Crippen LogP contribution is 2.75. The van der Waals surface area contributed by atoms with Crippen LogP contribution in [0.2, 0.25) is 0 Å². The fraction of sp³-hybridized carbons (Fsp3) is 0.774. The number of carbonyl (C=O) groups excluding carboxylic acids is 2. The monoisotopic (exact) mass is 917 g/mol. The van der Waals surface area contributed by atoms with E-state index in [4.69, 9.17) is 4.74 Å². The lowest BCUT2D eigenvalue weighted by Gasteiger charge is -2.66. The third-order valence-corrected chi connectivity index (χ3v) is 22.8. The quantitative estimate of drug-likeness (QED) is 0.0777. The van der Waals surface area contributed by atoms with Gasteiger partial charge in [0.1, 0.15) is 17.5 Å². The Kier molecular flexibility index (Phi) is 11.8. The average Bonchev–Trinajstić information content (AvgIpc) is 3.96. The molecule has 16 atom stereocenters. The normalized spacial score (nSPS) is 46.7. The molecule has 1 aromatic rings. The van der Waals surface area contributed by atoms with E-state index in [1.807, 2.05) is 11.0 Å². The maximum atomic E-state index is 15.4. The molecule has 352 valence electrons. The Balaban J connectivity index is 1.13. The molecule has 4 saturated carbocycles. The van der Waals surface area contributed by atoms with E-state index in [-0.39, 0.29) is 78.0 Å². The SMILES string of the molecule is CCCCCC1CN2C(=O)C13CCCCC3CSSCC13CC(O)C(O)CC1(C)C1CC4C=CCC(O)(C5OC5C(C)C(C)C)C5CCC(O)(C1=CC3=O)C45CCc1cc(O)cc2c1. The van der Waals surface area contributed by atoms with Crippen LogP contribution in [-0.2, 0) is 20.7 Å². The summed E-state index contributed by atoms with van der Waals surface area (Å²) in [6, 6.07) is 5.69. The molecule has 8 bridgehead atoms. The second-order valence-corrected chi connectivity index (χ2v) is 25.6. The van der Waals surface area contributed by atoms with Gasteiger partial charge < -0.3 is 35.2 Å². The van der Waals surface area contributed by atoms with E-state index in [2.05, 4.69) is 52.8 Å². The molecule has 1 amide bonds. The second kappa shape index (κ2) is 16.4. The van der Waals surface area contributed by atoms with Crippen molar-refractivity contribution in [1.82, 2.24) is 0 Å². The van der Waals surface area contributed by atoms with E-state index in [0.29, 0.717) is 56.7 Å². The minimum atomic E-state index is -1.45. The van der Waals surface area contributed by atoms with Gasteiger partial charge in [0, 0.05) is 41.1 Å². The number of rotatable bonds is 7. The number of hydrogen-bond acceptors (Lipinski definition) is 10. The van der Waals surface area contributed by atoms with E-state index < -0.39 is 45.1 Å². The van der Waals surface area contributed by atoms with E-state index in [1.165, 1.54) is 0 Å². The number of phenols is 1. The first-order valence-corrected chi connectivity index (χ1v) is 27.8. The number of benzene rings is 1. The van der Waals surface area contributed by atoms with E-state index in [0.717, 1.165) is 73.9 Å². The molecule has 3 spiro atoms. The van der Waals surface area contributed by atoms with Crippen LogP contribution in [0, 0.1) is 63.1 Å². The number of aromatic hydroxyl groups is 1. The Labute approximate surface area is 389 Å². The number of carbonyl (C=O) groups is 2. The van der Waals surface area contributed by atoms with Crippen molar-refractivity contribution in [1.29, 1.82) is 0 Å². The van der Waals surface area contributed by atoms with Crippen LogP contribution in [0.1, 0.15) is 136 Å². The first-order chi connectivity index (χ1) is 30.5. The number of aliphatic hydroxyl groups is 4. The fourth-order valence-corrected chi connectivity index (χ4v) is 19.7. The zero-order valence-electron chi connectivity index (χ0n) is 39.0. The van der Waals surface area contributed by atoms with Gasteiger partial charge in [-0.1, -0.05) is 100 Å². The molecule has 6 fully saturated rings. The van der Waals surface area contributed by atoms with Gasteiger partial charge in [0.2, 0.25) is 5.91 Å². The molecule has 16 unspecified atom stereocenters. The molecule has 64 heavy (non-hydrogen) atoms. The van der Waals surface area contributed by atoms with Crippen molar-refractivity contribution in [2.75, 3.05) is 23.0 Å². The van der Waals surface area contributed by atoms with Crippen LogP contribution in [0.3, 0.4) is 0 Å². The minimum absolute atomic E-state index is 0.0659. The van der Waals surface area contributed by atoms with Gasteiger partial charge in [0.05, 0.1) is 34.7 Å². The zero-order chi connectivity index (χ0) is 45.2. The second-order valence-electron chi connectivity index (χ2n) is 23.1. The topological polar surface area (TPSA) is 151 Å². The fourth-order valence-electron chi connectivity index (χ4n) is 16.4. The Morgan fingerprint density at radius 2 is 1.77 bits per heavy atom. The molecule has 5 heterocycles. The minimum Gasteiger partial charge on any atom is -0.508 e. The predicted molar refractivity (Wildman–Crippen MR) is 254 cm³/mol. The number of epoxide rings is 1. The van der Waals surface area contributed by atoms with Crippen molar-refractivity contribution < 1.29 is 39.9 Å². The molecule has 1 aromatic carbocycles. The van der Waals surface area contributed by atoms with Crippen molar-refractivity contribution >= 4 is 39.0 Å². The van der Waals surface area contributed by atoms with E-state index in [1.54, 1.807) is 33.7 Å². The Morgan fingerprint density at radius 1 is 0.969 bits per heavy atom. The smallest absolute Gasteiger partial charge is 0.233 e. The average molecular weight is 918 g/mol.